The predicted molar refractivity (Wildman–Crippen MR) is 71.9 cm³/mol. The van der Waals surface area contributed by atoms with Crippen molar-refractivity contribution in [2.45, 2.75) is 13.3 Å². The van der Waals surface area contributed by atoms with Crippen molar-refractivity contribution in [2.24, 2.45) is 0 Å². The summed E-state index contributed by atoms with van der Waals surface area (Å²) >= 11 is 0. The molecule has 19 heavy (non-hydrogen) atoms. The fourth-order valence-electron chi connectivity index (χ4n) is 2.04. The van der Waals surface area contributed by atoms with Gasteiger partial charge in [0.1, 0.15) is 5.82 Å². The summed E-state index contributed by atoms with van der Waals surface area (Å²) in [5.74, 6) is 0.195. The molecule has 1 aliphatic heterocycles. The molecule has 0 aliphatic carbocycles. The maximum absolute atomic E-state index is 12.3. The first-order valence-electron chi connectivity index (χ1n) is 6.40. The molecule has 0 atom stereocenters. The van der Waals surface area contributed by atoms with E-state index in [0.717, 1.165) is 26.1 Å². The topological polar surface area (TPSA) is 74.3 Å². The smallest absolute Gasteiger partial charge is 0.254 e. The third-order valence-electron chi connectivity index (χ3n) is 2.94. The molecule has 0 saturated carbocycles. The molecule has 102 valence electrons. The Bertz CT molecular complexity index is 467. The second kappa shape index (κ2) is 6.29. The fourth-order valence-corrected chi connectivity index (χ4v) is 2.04. The molecular formula is C13H18N4O2. The predicted octanol–water partition coefficient (Wildman–Crippen LogP) is 0.475. The van der Waals surface area contributed by atoms with E-state index >= 15 is 0 Å². The molecule has 0 unspecified atom stereocenters. The summed E-state index contributed by atoms with van der Waals surface area (Å²) in [5.41, 5.74) is 0.556. The highest BCUT2D eigenvalue weighted by Crippen LogP contribution is 2.10. The van der Waals surface area contributed by atoms with Crippen molar-refractivity contribution in [1.29, 1.82) is 0 Å². The number of amides is 2. The van der Waals surface area contributed by atoms with Gasteiger partial charge in [0.25, 0.3) is 5.91 Å². The van der Waals surface area contributed by atoms with Gasteiger partial charge < -0.3 is 15.5 Å². The monoisotopic (exact) mass is 262 g/mol. The van der Waals surface area contributed by atoms with E-state index in [-0.39, 0.29) is 11.8 Å². The molecule has 2 rings (SSSR count). The van der Waals surface area contributed by atoms with Crippen molar-refractivity contribution in [3.8, 4) is 0 Å². The standard InChI is InChI=1S/C13H18N4O2/c1-10(18)16-12-9-11(3-5-15-12)13(19)17-7-2-4-14-6-8-17/h3,5,9,14H,2,4,6-8H2,1H3,(H,15,16,18). The summed E-state index contributed by atoms with van der Waals surface area (Å²) in [7, 11) is 0. The van der Waals surface area contributed by atoms with Gasteiger partial charge in [0.15, 0.2) is 0 Å². The molecule has 2 amide bonds. The number of carbonyl (C=O) groups is 2. The van der Waals surface area contributed by atoms with E-state index in [4.69, 9.17) is 0 Å². The lowest BCUT2D eigenvalue weighted by Gasteiger charge is -2.20. The average Bonchev–Trinajstić information content (AvgIpc) is 2.66. The van der Waals surface area contributed by atoms with Gasteiger partial charge in [-0.25, -0.2) is 4.98 Å². The van der Waals surface area contributed by atoms with E-state index in [1.807, 2.05) is 4.90 Å². The third-order valence-corrected chi connectivity index (χ3v) is 2.94. The van der Waals surface area contributed by atoms with Crippen LogP contribution in [0.4, 0.5) is 5.82 Å². The Morgan fingerprint density at radius 3 is 3.00 bits per heavy atom. The van der Waals surface area contributed by atoms with E-state index < -0.39 is 0 Å². The minimum atomic E-state index is -0.198. The van der Waals surface area contributed by atoms with Crippen LogP contribution in [0.2, 0.25) is 0 Å². The van der Waals surface area contributed by atoms with Crippen molar-refractivity contribution in [2.75, 3.05) is 31.5 Å². The first kappa shape index (κ1) is 13.5. The number of rotatable bonds is 2. The second-order valence-electron chi connectivity index (χ2n) is 4.51. The molecule has 0 spiro atoms. The van der Waals surface area contributed by atoms with E-state index in [0.29, 0.717) is 17.9 Å². The number of pyridine rings is 1. The molecule has 1 aromatic heterocycles. The molecule has 0 bridgehead atoms. The number of nitrogens with one attached hydrogen (secondary N) is 2. The minimum absolute atomic E-state index is 0.0160. The third kappa shape index (κ3) is 3.75. The summed E-state index contributed by atoms with van der Waals surface area (Å²) in [6, 6.07) is 3.29. The van der Waals surface area contributed by atoms with Crippen LogP contribution in [-0.4, -0.2) is 47.9 Å². The van der Waals surface area contributed by atoms with Crippen molar-refractivity contribution in [1.82, 2.24) is 15.2 Å². The van der Waals surface area contributed by atoms with Gasteiger partial charge in [0.2, 0.25) is 5.91 Å². The quantitative estimate of drug-likeness (QED) is 0.812. The fraction of sp³-hybridized carbons (Fsp3) is 0.462. The van der Waals surface area contributed by atoms with Gasteiger partial charge in [-0.05, 0) is 25.1 Å². The van der Waals surface area contributed by atoms with Crippen LogP contribution in [0.5, 0.6) is 0 Å². The highest BCUT2D eigenvalue weighted by Gasteiger charge is 2.17. The Morgan fingerprint density at radius 2 is 2.21 bits per heavy atom. The Hall–Kier alpha value is -1.95. The summed E-state index contributed by atoms with van der Waals surface area (Å²) in [4.78, 5) is 29.2. The molecule has 6 nitrogen and oxygen atoms in total. The van der Waals surface area contributed by atoms with Crippen LogP contribution in [0.1, 0.15) is 23.7 Å². The van der Waals surface area contributed by atoms with Crippen LogP contribution < -0.4 is 10.6 Å². The van der Waals surface area contributed by atoms with Gasteiger partial charge in [0.05, 0.1) is 0 Å². The van der Waals surface area contributed by atoms with Crippen molar-refractivity contribution >= 4 is 17.6 Å². The van der Waals surface area contributed by atoms with E-state index in [1.165, 1.54) is 13.1 Å². The number of anilines is 1. The summed E-state index contributed by atoms with van der Waals surface area (Å²) in [6.07, 6.45) is 2.49. The van der Waals surface area contributed by atoms with Gasteiger partial charge in [-0.2, -0.15) is 0 Å². The average molecular weight is 262 g/mol. The van der Waals surface area contributed by atoms with Crippen LogP contribution in [0, 0.1) is 0 Å². The van der Waals surface area contributed by atoms with E-state index in [2.05, 4.69) is 15.6 Å². The molecular weight excluding hydrogens is 244 g/mol. The molecule has 2 N–H and O–H groups in total. The zero-order valence-corrected chi connectivity index (χ0v) is 11.0. The van der Waals surface area contributed by atoms with Gasteiger partial charge in [0, 0.05) is 38.3 Å². The SMILES string of the molecule is CC(=O)Nc1cc(C(=O)N2CCCNCC2)ccn1. The first-order chi connectivity index (χ1) is 9.16. The lowest BCUT2D eigenvalue weighted by molar-refractivity contribution is -0.114. The molecule has 1 saturated heterocycles. The molecule has 1 fully saturated rings. The van der Waals surface area contributed by atoms with Crippen LogP contribution >= 0.6 is 0 Å². The Kier molecular flexibility index (Phi) is 4.46. The maximum atomic E-state index is 12.3. The van der Waals surface area contributed by atoms with Gasteiger partial charge in [-0.15, -0.1) is 0 Å². The largest absolute Gasteiger partial charge is 0.337 e. The van der Waals surface area contributed by atoms with Crippen molar-refractivity contribution < 1.29 is 9.59 Å². The van der Waals surface area contributed by atoms with E-state index in [1.54, 1.807) is 12.1 Å². The number of nitrogens with zero attached hydrogens (tertiary/aromatic N) is 2. The number of hydrogen-bond donors (Lipinski definition) is 2. The van der Waals surface area contributed by atoms with Crippen LogP contribution in [0.25, 0.3) is 0 Å². The van der Waals surface area contributed by atoms with Crippen LogP contribution in [0.3, 0.4) is 0 Å². The van der Waals surface area contributed by atoms with Gasteiger partial charge in [-0.3, -0.25) is 9.59 Å². The van der Waals surface area contributed by atoms with Crippen LogP contribution in [-0.2, 0) is 4.79 Å². The summed E-state index contributed by atoms with van der Waals surface area (Å²) < 4.78 is 0. The molecule has 1 aliphatic rings. The lowest BCUT2D eigenvalue weighted by atomic mass is 10.2. The van der Waals surface area contributed by atoms with Crippen molar-refractivity contribution in [3.63, 3.8) is 0 Å². The number of carbonyl (C=O) groups excluding carboxylic acids is 2. The molecule has 1 aromatic rings. The maximum Gasteiger partial charge on any atom is 0.254 e. The highest BCUT2D eigenvalue weighted by molar-refractivity contribution is 5.96. The summed E-state index contributed by atoms with van der Waals surface area (Å²) in [6.45, 7) is 4.63. The normalized spacial score (nSPS) is 15.7. The molecule has 6 heteroatoms. The first-order valence-corrected chi connectivity index (χ1v) is 6.40. The Balaban J connectivity index is 2.11. The number of hydrogen-bond acceptors (Lipinski definition) is 4. The molecule has 0 radical (unpaired) electrons. The minimum Gasteiger partial charge on any atom is -0.337 e. The second-order valence-corrected chi connectivity index (χ2v) is 4.51. The highest BCUT2D eigenvalue weighted by atomic mass is 16.2. The zero-order valence-electron chi connectivity index (χ0n) is 11.0. The lowest BCUT2D eigenvalue weighted by Crippen LogP contribution is -2.34. The van der Waals surface area contributed by atoms with Crippen molar-refractivity contribution in [3.05, 3.63) is 23.9 Å². The van der Waals surface area contributed by atoms with Gasteiger partial charge >= 0.3 is 0 Å². The zero-order chi connectivity index (χ0) is 13.7. The van der Waals surface area contributed by atoms with Gasteiger partial charge in [-0.1, -0.05) is 0 Å². The Labute approximate surface area is 112 Å². The Morgan fingerprint density at radius 1 is 1.37 bits per heavy atom. The van der Waals surface area contributed by atoms with E-state index in [9.17, 15) is 9.59 Å². The molecule has 0 aromatic carbocycles. The van der Waals surface area contributed by atoms with Crippen LogP contribution in [0.15, 0.2) is 18.3 Å². The summed E-state index contributed by atoms with van der Waals surface area (Å²) in [5, 5.41) is 5.84. The number of aromatic nitrogens is 1. The molecule has 2 heterocycles.